The second kappa shape index (κ2) is 7.76. The maximum absolute atomic E-state index is 11.5. The van der Waals surface area contributed by atoms with Gasteiger partial charge in [0.25, 0.3) is 0 Å². The highest BCUT2D eigenvalue weighted by atomic mass is 32.2. The number of likely N-dealkylation sites (N-methyl/N-ethyl adjacent to an activating group) is 1. The summed E-state index contributed by atoms with van der Waals surface area (Å²) in [4.78, 5) is 17.6. The first-order chi connectivity index (χ1) is 8.52. The van der Waals surface area contributed by atoms with Crippen LogP contribution < -0.4 is 0 Å². The van der Waals surface area contributed by atoms with Gasteiger partial charge < -0.3 is 10.0 Å². The van der Waals surface area contributed by atoms with Crippen LogP contribution in [0.15, 0.2) is 5.38 Å². The van der Waals surface area contributed by atoms with Crippen molar-refractivity contribution in [3.63, 3.8) is 0 Å². The summed E-state index contributed by atoms with van der Waals surface area (Å²) in [6, 6.07) is 0. The molecule has 0 aliphatic heterocycles. The van der Waals surface area contributed by atoms with Gasteiger partial charge in [0.05, 0.1) is 12.1 Å². The van der Waals surface area contributed by atoms with Gasteiger partial charge in [-0.1, -0.05) is 6.92 Å². The molecule has 1 amide bonds. The van der Waals surface area contributed by atoms with Crippen molar-refractivity contribution in [2.45, 2.75) is 30.8 Å². The molecule has 0 spiro atoms. The maximum Gasteiger partial charge on any atom is 0.228 e. The number of thiazole rings is 1. The van der Waals surface area contributed by atoms with Crippen LogP contribution in [0.25, 0.3) is 0 Å². The summed E-state index contributed by atoms with van der Waals surface area (Å²) < 4.78 is 0. The maximum atomic E-state index is 11.5. The zero-order valence-corrected chi connectivity index (χ0v) is 12.7. The normalized spacial score (nSPS) is 12.4. The number of aliphatic hydroxyl groups is 1. The highest BCUT2D eigenvalue weighted by molar-refractivity contribution is 7.99. The second-order valence-corrected chi connectivity index (χ2v) is 6.70. The van der Waals surface area contributed by atoms with E-state index < -0.39 is 0 Å². The topological polar surface area (TPSA) is 53.4 Å². The predicted octanol–water partition coefficient (Wildman–Crippen LogP) is 1.78. The molecule has 1 rings (SSSR count). The molecule has 0 fully saturated rings. The molecule has 0 saturated heterocycles. The van der Waals surface area contributed by atoms with Gasteiger partial charge in [-0.25, -0.2) is 4.98 Å². The minimum Gasteiger partial charge on any atom is -0.396 e. The average molecular weight is 288 g/mol. The molecule has 1 heterocycles. The molecular formula is C12H20N2O2S2. The smallest absolute Gasteiger partial charge is 0.228 e. The van der Waals surface area contributed by atoms with E-state index in [0.29, 0.717) is 11.7 Å². The van der Waals surface area contributed by atoms with Crippen molar-refractivity contribution in [2.24, 2.45) is 0 Å². The molecule has 6 heteroatoms. The van der Waals surface area contributed by atoms with Crippen molar-refractivity contribution >= 4 is 29.0 Å². The molecule has 1 aromatic rings. The second-order valence-electron chi connectivity index (χ2n) is 4.33. The van der Waals surface area contributed by atoms with Gasteiger partial charge in [0, 0.05) is 37.1 Å². The quantitative estimate of drug-likeness (QED) is 0.831. The Balaban J connectivity index is 2.41. The Kier molecular flexibility index (Phi) is 6.67. The van der Waals surface area contributed by atoms with Gasteiger partial charge in [-0.2, -0.15) is 11.8 Å². The van der Waals surface area contributed by atoms with E-state index in [-0.39, 0.29) is 12.5 Å². The molecule has 0 aliphatic carbocycles. The zero-order valence-electron chi connectivity index (χ0n) is 11.0. The zero-order chi connectivity index (χ0) is 13.5. The van der Waals surface area contributed by atoms with Gasteiger partial charge in [-0.15, -0.1) is 11.3 Å². The summed E-state index contributed by atoms with van der Waals surface area (Å²) in [6.45, 7) is 2.33. The van der Waals surface area contributed by atoms with Crippen molar-refractivity contribution in [3.8, 4) is 0 Å². The Hall–Kier alpha value is -0.590. The molecule has 1 unspecified atom stereocenters. The van der Waals surface area contributed by atoms with Gasteiger partial charge in [0.1, 0.15) is 5.01 Å². The molecule has 0 aliphatic rings. The van der Waals surface area contributed by atoms with Crippen molar-refractivity contribution < 1.29 is 9.90 Å². The predicted molar refractivity (Wildman–Crippen MR) is 77.0 cm³/mol. The molecular weight excluding hydrogens is 268 g/mol. The lowest BCUT2D eigenvalue weighted by Gasteiger charge is -2.08. The minimum absolute atomic E-state index is 0.0807. The number of hydrogen-bond donors (Lipinski definition) is 1. The van der Waals surface area contributed by atoms with Crippen LogP contribution in [0.3, 0.4) is 0 Å². The fraction of sp³-hybridized carbons (Fsp3) is 0.667. The third-order valence-electron chi connectivity index (χ3n) is 2.45. The Labute approximate surface area is 116 Å². The molecule has 1 N–H and O–H groups in total. The van der Waals surface area contributed by atoms with Crippen molar-refractivity contribution in [1.82, 2.24) is 9.88 Å². The molecule has 102 valence electrons. The van der Waals surface area contributed by atoms with Crippen LogP contribution in [0.2, 0.25) is 0 Å². The van der Waals surface area contributed by atoms with Crippen LogP contribution in [-0.4, -0.2) is 46.8 Å². The molecule has 4 nitrogen and oxygen atoms in total. The SMILES string of the molecule is CC(CCO)SCc1csc(CC(=O)N(C)C)n1. The fourth-order valence-electron chi connectivity index (χ4n) is 1.28. The number of aromatic nitrogens is 1. The standard InChI is InChI=1S/C12H20N2O2S2/c1-9(4-5-15)17-7-10-8-18-11(13-10)6-12(16)14(2)3/h8-9,15H,4-7H2,1-3H3. The monoisotopic (exact) mass is 288 g/mol. The van der Waals surface area contributed by atoms with Crippen LogP contribution in [-0.2, 0) is 17.0 Å². The van der Waals surface area contributed by atoms with E-state index >= 15 is 0 Å². The Morgan fingerprint density at radius 2 is 2.33 bits per heavy atom. The minimum atomic E-state index is 0.0807. The molecule has 18 heavy (non-hydrogen) atoms. The summed E-state index contributed by atoms with van der Waals surface area (Å²) in [7, 11) is 3.51. The lowest BCUT2D eigenvalue weighted by atomic mass is 10.3. The van der Waals surface area contributed by atoms with Crippen LogP contribution >= 0.6 is 23.1 Å². The number of aliphatic hydroxyl groups excluding tert-OH is 1. The molecule has 1 atom stereocenters. The first-order valence-electron chi connectivity index (χ1n) is 5.88. The van der Waals surface area contributed by atoms with Crippen LogP contribution in [0.4, 0.5) is 0 Å². The molecule has 1 aromatic heterocycles. The summed E-state index contributed by atoms with van der Waals surface area (Å²) in [5.74, 6) is 0.922. The third kappa shape index (κ3) is 5.37. The molecule has 0 radical (unpaired) electrons. The highest BCUT2D eigenvalue weighted by Crippen LogP contribution is 2.21. The number of amides is 1. The third-order valence-corrected chi connectivity index (χ3v) is 4.62. The van der Waals surface area contributed by atoms with E-state index in [1.54, 1.807) is 30.8 Å². The van der Waals surface area contributed by atoms with Crippen LogP contribution in [0.1, 0.15) is 24.0 Å². The molecule has 0 aromatic carbocycles. The van der Waals surface area contributed by atoms with E-state index in [9.17, 15) is 4.79 Å². The number of carbonyl (C=O) groups is 1. The number of carbonyl (C=O) groups excluding carboxylic acids is 1. The summed E-state index contributed by atoms with van der Waals surface area (Å²) in [5.41, 5.74) is 1.02. The molecule has 0 bridgehead atoms. The lowest BCUT2D eigenvalue weighted by molar-refractivity contribution is -0.127. The van der Waals surface area contributed by atoms with E-state index in [1.807, 2.05) is 5.38 Å². The average Bonchev–Trinajstić information content (AvgIpc) is 2.74. The van der Waals surface area contributed by atoms with Gasteiger partial charge >= 0.3 is 0 Å². The largest absolute Gasteiger partial charge is 0.396 e. The number of hydrogen-bond acceptors (Lipinski definition) is 5. The van der Waals surface area contributed by atoms with Crippen LogP contribution in [0.5, 0.6) is 0 Å². The fourth-order valence-corrected chi connectivity index (χ4v) is 3.04. The van der Waals surface area contributed by atoms with E-state index in [4.69, 9.17) is 5.11 Å². The summed E-state index contributed by atoms with van der Waals surface area (Å²) in [5, 5.41) is 12.1. The van der Waals surface area contributed by atoms with Crippen LogP contribution in [0, 0.1) is 0 Å². The molecule has 0 saturated carbocycles. The number of nitrogens with zero attached hydrogens (tertiary/aromatic N) is 2. The van der Waals surface area contributed by atoms with E-state index in [0.717, 1.165) is 22.9 Å². The van der Waals surface area contributed by atoms with Gasteiger partial charge in [0.2, 0.25) is 5.91 Å². The van der Waals surface area contributed by atoms with Gasteiger partial charge in [-0.3, -0.25) is 4.79 Å². The van der Waals surface area contributed by atoms with E-state index in [2.05, 4.69) is 11.9 Å². The highest BCUT2D eigenvalue weighted by Gasteiger charge is 2.10. The van der Waals surface area contributed by atoms with Crippen molar-refractivity contribution in [2.75, 3.05) is 20.7 Å². The summed E-state index contributed by atoms with van der Waals surface area (Å²) >= 11 is 3.32. The Morgan fingerprint density at radius 1 is 1.61 bits per heavy atom. The van der Waals surface area contributed by atoms with Crippen molar-refractivity contribution in [1.29, 1.82) is 0 Å². The van der Waals surface area contributed by atoms with Crippen molar-refractivity contribution in [3.05, 3.63) is 16.1 Å². The Bertz CT molecular complexity index is 380. The van der Waals surface area contributed by atoms with E-state index in [1.165, 1.54) is 11.3 Å². The van der Waals surface area contributed by atoms with Gasteiger partial charge in [0.15, 0.2) is 0 Å². The number of thioether (sulfide) groups is 1. The number of rotatable bonds is 7. The first-order valence-corrected chi connectivity index (χ1v) is 7.81. The Morgan fingerprint density at radius 3 is 2.94 bits per heavy atom. The summed E-state index contributed by atoms with van der Waals surface area (Å²) in [6.07, 6.45) is 1.19. The van der Waals surface area contributed by atoms with Gasteiger partial charge in [-0.05, 0) is 6.42 Å². The lowest BCUT2D eigenvalue weighted by Crippen LogP contribution is -2.23. The first kappa shape index (κ1) is 15.5.